The molecule has 3 heteroatoms. The van der Waals surface area contributed by atoms with Crippen molar-refractivity contribution in [1.29, 1.82) is 0 Å². The fourth-order valence-corrected chi connectivity index (χ4v) is 2.40. The number of aromatic nitrogens is 2. The molecule has 1 heterocycles. The zero-order valence-corrected chi connectivity index (χ0v) is 12.9. The van der Waals surface area contributed by atoms with Gasteiger partial charge in [0.05, 0.1) is 18.3 Å². The first-order valence-corrected chi connectivity index (χ1v) is 7.43. The predicted octanol–water partition coefficient (Wildman–Crippen LogP) is 3.67. The minimum absolute atomic E-state index is 0.306. The molecule has 108 valence electrons. The summed E-state index contributed by atoms with van der Waals surface area (Å²) in [6.07, 6.45) is 2.04. The fraction of sp³-hybridized carbons (Fsp3) is 0.471. The maximum atomic E-state index is 4.48. The van der Waals surface area contributed by atoms with E-state index in [2.05, 4.69) is 55.5 Å². The Kier molecular flexibility index (Phi) is 4.96. The largest absolute Gasteiger partial charge is 0.309 e. The van der Waals surface area contributed by atoms with Crippen molar-refractivity contribution in [2.24, 2.45) is 0 Å². The van der Waals surface area contributed by atoms with Gasteiger partial charge in [0, 0.05) is 6.20 Å². The highest BCUT2D eigenvalue weighted by molar-refractivity contribution is 5.26. The van der Waals surface area contributed by atoms with Gasteiger partial charge in [0.25, 0.3) is 0 Å². The Balaban J connectivity index is 2.15. The zero-order valence-electron chi connectivity index (χ0n) is 12.9. The van der Waals surface area contributed by atoms with E-state index >= 15 is 0 Å². The lowest BCUT2D eigenvalue weighted by molar-refractivity contribution is 0.447. The second kappa shape index (κ2) is 6.71. The zero-order chi connectivity index (χ0) is 14.5. The first-order chi connectivity index (χ1) is 9.60. The van der Waals surface area contributed by atoms with E-state index in [0.29, 0.717) is 12.0 Å². The van der Waals surface area contributed by atoms with Crippen LogP contribution in [0.4, 0.5) is 0 Å². The summed E-state index contributed by atoms with van der Waals surface area (Å²) in [6.45, 7) is 10.4. The number of nitrogens with one attached hydrogen (secondary N) is 1. The summed E-state index contributed by atoms with van der Waals surface area (Å²) >= 11 is 0. The molecule has 1 aromatic heterocycles. The van der Waals surface area contributed by atoms with Crippen molar-refractivity contribution in [3.63, 3.8) is 0 Å². The lowest BCUT2D eigenvalue weighted by atomic mass is 9.99. The molecule has 0 aliphatic rings. The fourth-order valence-electron chi connectivity index (χ4n) is 2.40. The number of hydrogen-bond donors (Lipinski definition) is 1. The first kappa shape index (κ1) is 14.8. The SMILES string of the molecule is CCNC(Cn1ccc(C)n1)c1ccc(C(C)C)cc1. The van der Waals surface area contributed by atoms with Crippen molar-refractivity contribution in [2.75, 3.05) is 6.54 Å². The molecule has 0 aliphatic heterocycles. The van der Waals surface area contributed by atoms with E-state index in [9.17, 15) is 0 Å². The number of benzene rings is 1. The van der Waals surface area contributed by atoms with E-state index < -0.39 is 0 Å². The molecule has 1 unspecified atom stereocenters. The minimum Gasteiger partial charge on any atom is -0.309 e. The van der Waals surface area contributed by atoms with Gasteiger partial charge in [-0.1, -0.05) is 45.0 Å². The lowest BCUT2D eigenvalue weighted by Gasteiger charge is -2.19. The van der Waals surface area contributed by atoms with Crippen LogP contribution in [0.15, 0.2) is 36.5 Å². The van der Waals surface area contributed by atoms with Crippen molar-refractivity contribution in [3.05, 3.63) is 53.3 Å². The molecule has 1 aromatic carbocycles. The van der Waals surface area contributed by atoms with Crippen LogP contribution in [0.2, 0.25) is 0 Å². The summed E-state index contributed by atoms with van der Waals surface area (Å²) in [5, 5.41) is 8.03. The van der Waals surface area contributed by atoms with E-state index in [1.165, 1.54) is 11.1 Å². The molecule has 0 saturated carbocycles. The molecule has 2 rings (SSSR count). The molecule has 0 aliphatic carbocycles. The second-order valence-corrected chi connectivity index (χ2v) is 5.61. The van der Waals surface area contributed by atoms with Crippen molar-refractivity contribution in [1.82, 2.24) is 15.1 Å². The lowest BCUT2D eigenvalue weighted by Crippen LogP contribution is -2.25. The van der Waals surface area contributed by atoms with Crippen LogP contribution < -0.4 is 5.32 Å². The summed E-state index contributed by atoms with van der Waals surface area (Å²) < 4.78 is 2.01. The Bertz CT molecular complexity index is 525. The van der Waals surface area contributed by atoms with Gasteiger partial charge in [-0.25, -0.2) is 0 Å². The van der Waals surface area contributed by atoms with Gasteiger partial charge in [-0.15, -0.1) is 0 Å². The third kappa shape index (κ3) is 3.70. The van der Waals surface area contributed by atoms with Gasteiger partial charge in [-0.2, -0.15) is 5.10 Å². The molecule has 3 nitrogen and oxygen atoms in total. The van der Waals surface area contributed by atoms with Crippen molar-refractivity contribution >= 4 is 0 Å². The molecule has 1 atom stereocenters. The van der Waals surface area contributed by atoms with Crippen LogP contribution >= 0.6 is 0 Å². The molecule has 0 radical (unpaired) electrons. The number of aryl methyl sites for hydroxylation is 1. The van der Waals surface area contributed by atoms with Crippen molar-refractivity contribution in [3.8, 4) is 0 Å². The number of rotatable bonds is 6. The van der Waals surface area contributed by atoms with Gasteiger partial charge < -0.3 is 5.32 Å². The topological polar surface area (TPSA) is 29.9 Å². The summed E-state index contributed by atoms with van der Waals surface area (Å²) in [5.74, 6) is 0.579. The Hall–Kier alpha value is -1.61. The number of hydrogen-bond acceptors (Lipinski definition) is 2. The van der Waals surface area contributed by atoms with Gasteiger partial charge in [0.1, 0.15) is 0 Å². The van der Waals surface area contributed by atoms with Crippen LogP contribution in [0.1, 0.15) is 49.6 Å². The standard InChI is InChI=1S/C17H25N3/c1-5-18-17(12-20-11-10-14(4)19-20)16-8-6-15(7-9-16)13(2)3/h6-11,13,17-18H,5,12H2,1-4H3. The average Bonchev–Trinajstić information content (AvgIpc) is 2.84. The third-order valence-corrected chi connectivity index (χ3v) is 3.60. The Morgan fingerprint density at radius 1 is 1.10 bits per heavy atom. The molecular weight excluding hydrogens is 246 g/mol. The van der Waals surface area contributed by atoms with Gasteiger partial charge >= 0.3 is 0 Å². The number of nitrogens with zero attached hydrogens (tertiary/aromatic N) is 2. The Labute approximate surface area is 122 Å². The van der Waals surface area contributed by atoms with E-state index in [-0.39, 0.29) is 0 Å². The van der Waals surface area contributed by atoms with E-state index in [1.54, 1.807) is 0 Å². The van der Waals surface area contributed by atoms with Crippen LogP contribution in [-0.2, 0) is 6.54 Å². The summed E-state index contributed by atoms with van der Waals surface area (Å²) in [7, 11) is 0. The first-order valence-electron chi connectivity index (χ1n) is 7.43. The highest BCUT2D eigenvalue weighted by Crippen LogP contribution is 2.20. The van der Waals surface area contributed by atoms with E-state index in [4.69, 9.17) is 0 Å². The van der Waals surface area contributed by atoms with Crippen LogP contribution in [0.3, 0.4) is 0 Å². The summed E-state index contributed by atoms with van der Waals surface area (Å²) in [6, 6.07) is 11.3. The van der Waals surface area contributed by atoms with Gasteiger partial charge in [-0.05, 0) is 36.6 Å². The number of likely N-dealkylation sites (N-methyl/N-ethyl adjacent to an activating group) is 1. The van der Waals surface area contributed by atoms with Crippen LogP contribution in [0, 0.1) is 6.92 Å². The molecular formula is C17H25N3. The molecule has 0 spiro atoms. The maximum absolute atomic E-state index is 4.48. The minimum atomic E-state index is 0.306. The highest BCUT2D eigenvalue weighted by atomic mass is 15.3. The van der Waals surface area contributed by atoms with Gasteiger partial charge in [0.2, 0.25) is 0 Å². The second-order valence-electron chi connectivity index (χ2n) is 5.61. The van der Waals surface area contributed by atoms with Crippen molar-refractivity contribution in [2.45, 2.75) is 46.2 Å². The molecule has 2 aromatic rings. The van der Waals surface area contributed by atoms with E-state index in [1.807, 2.05) is 23.9 Å². The quantitative estimate of drug-likeness (QED) is 0.869. The van der Waals surface area contributed by atoms with Crippen LogP contribution in [0.5, 0.6) is 0 Å². The summed E-state index contributed by atoms with van der Waals surface area (Å²) in [4.78, 5) is 0. The maximum Gasteiger partial charge on any atom is 0.0604 e. The van der Waals surface area contributed by atoms with Crippen molar-refractivity contribution < 1.29 is 0 Å². The Morgan fingerprint density at radius 2 is 1.75 bits per heavy atom. The monoisotopic (exact) mass is 271 g/mol. The molecule has 0 bridgehead atoms. The van der Waals surface area contributed by atoms with E-state index in [0.717, 1.165) is 18.8 Å². The average molecular weight is 271 g/mol. The van der Waals surface area contributed by atoms with Crippen LogP contribution in [-0.4, -0.2) is 16.3 Å². The highest BCUT2D eigenvalue weighted by Gasteiger charge is 2.12. The molecule has 0 saturated heterocycles. The normalized spacial score (nSPS) is 12.8. The van der Waals surface area contributed by atoms with Crippen LogP contribution in [0.25, 0.3) is 0 Å². The Morgan fingerprint density at radius 3 is 2.25 bits per heavy atom. The summed E-state index contributed by atoms with van der Waals surface area (Å²) in [5.41, 5.74) is 3.78. The molecule has 1 N–H and O–H groups in total. The smallest absolute Gasteiger partial charge is 0.0604 e. The molecule has 0 amide bonds. The predicted molar refractivity (Wildman–Crippen MR) is 83.9 cm³/mol. The third-order valence-electron chi connectivity index (χ3n) is 3.60. The molecule has 0 fully saturated rings. The van der Waals surface area contributed by atoms with Gasteiger partial charge in [0.15, 0.2) is 0 Å². The van der Waals surface area contributed by atoms with Gasteiger partial charge in [-0.3, -0.25) is 4.68 Å². The molecule has 20 heavy (non-hydrogen) atoms.